The van der Waals surface area contributed by atoms with E-state index in [1.54, 1.807) is 11.4 Å². The molecule has 1 aromatic heterocycles. The van der Waals surface area contributed by atoms with Crippen molar-refractivity contribution in [3.05, 3.63) is 18.3 Å². The van der Waals surface area contributed by atoms with Crippen LogP contribution in [-0.4, -0.2) is 49.4 Å². The van der Waals surface area contributed by atoms with Gasteiger partial charge in [-0.2, -0.15) is 8.78 Å². The summed E-state index contributed by atoms with van der Waals surface area (Å²) in [5, 5.41) is 4.86. The van der Waals surface area contributed by atoms with Crippen LogP contribution in [0.4, 0.5) is 29.1 Å². The largest absolute Gasteiger partial charge is 0.383 e. The lowest BCUT2D eigenvalue weighted by molar-refractivity contribution is -0.163. The van der Waals surface area contributed by atoms with E-state index in [0.29, 0.717) is 0 Å². The SMILES string of the molecule is Cl.O=C(Nc1ccc(N2CCNCC2)cn1)C(F)(F)C(F)F. The highest BCUT2D eigenvalue weighted by atomic mass is 35.5. The summed E-state index contributed by atoms with van der Waals surface area (Å²) in [7, 11) is 0. The topological polar surface area (TPSA) is 57.3 Å². The van der Waals surface area contributed by atoms with E-state index in [-0.39, 0.29) is 18.2 Å². The van der Waals surface area contributed by atoms with Gasteiger partial charge in [0.15, 0.2) is 0 Å². The Balaban J connectivity index is 0.00000242. The van der Waals surface area contributed by atoms with Crippen LogP contribution in [-0.2, 0) is 4.79 Å². The van der Waals surface area contributed by atoms with Crippen molar-refractivity contribution in [1.82, 2.24) is 10.3 Å². The second-order valence-electron chi connectivity index (χ2n) is 4.52. The molecule has 0 unspecified atom stereocenters. The lowest BCUT2D eigenvalue weighted by Gasteiger charge is -2.29. The summed E-state index contributed by atoms with van der Waals surface area (Å²) >= 11 is 0. The number of piperazine rings is 1. The van der Waals surface area contributed by atoms with Crippen LogP contribution >= 0.6 is 12.4 Å². The monoisotopic (exact) mass is 342 g/mol. The molecule has 0 bridgehead atoms. The molecule has 2 rings (SSSR count). The fourth-order valence-electron chi connectivity index (χ4n) is 1.87. The number of nitrogens with zero attached hydrogens (tertiary/aromatic N) is 2. The zero-order valence-corrected chi connectivity index (χ0v) is 12.2. The van der Waals surface area contributed by atoms with Gasteiger partial charge < -0.3 is 15.5 Å². The number of rotatable bonds is 4. The van der Waals surface area contributed by atoms with E-state index in [4.69, 9.17) is 0 Å². The van der Waals surface area contributed by atoms with Gasteiger partial charge in [-0.25, -0.2) is 13.8 Å². The predicted octanol–water partition coefficient (Wildman–Crippen LogP) is 1.75. The first kappa shape index (κ1) is 18.4. The Morgan fingerprint density at radius 2 is 1.95 bits per heavy atom. The molecule has 5 nitrogen and oxygen atoms in total. The van der Waals surface area contributed by atoms with Crippen molar-refractivity contribution < 1.29 is 22.4 Å². The first-order valence-corrected chi connectivity index (χ1v) is 6.30. The van der Waals surface area contributed by atoms with Crippen LogP contribution in [0.15, 0.2) is 18.3 Å². The standard InChI is InChI=1S/C12H14F4N4O.ClH/c13-10(14)12(15,16)11(21)19-9-2-1-8(7-18-9)20-5-3-17-4-6-20;/h1-2,7,10,17H,3-6H2,(H,18,19,21);1H. The Labute approximate surface area is 130 Å². The molecule has 22 heavy (non-hydrogen) atoms. The zero-order valence-electron chi connectivity index (χ0n) is 11.4. The number of aromatic nitrogens is 1. The Morgan fingerprint density at radius 1 is 1.32 bits per heavy atom. The van der Waals surface area contributed by atoms with Crippen LogP contribution in [0, 0.1) is 0 Å². The van der Waals surface area contributed by atoms with Crippen LogP contribution in [0.3, 0.4) is 0 Å². The first-order valence-electron chi connectivity index (χ1n) is 6.30. The summed E-state index contributed by atoms with van der Waals surface area (Å²) in [6.45, 7) is 3.19. The summed E-state index contributed by atoms with van der Waals surface area (Å²) in [6, 6.07) is 2.89. The quantitative estimate of drug-likeness (QED) is 0.819. The minimum Gasteiger partial charge on any atom is -0.368 e. The number of carbonyl (C=O) groups is 1. The lowest BCUT2D eigenvalue weighted by atomic mass is 10.3. The number of hydrogen-bond donors (Lipinski definition) is 2. The number of pyridine rings is 1. The molecule has 2 heterocycles. The summed E-state index contributed by atoms with van der Waals surface area (Å²) < 4.78 is 49.6. The average molecular weight is 343 g/mol. The summed E-state index contributed by atoms with van der Waals surface area (Å²) in [5.74, 6) is -7.00. The Bertz CT molecular complexity index is 494. The number of alkyl halides is 4. The van der Waals surface area contributed by atoms with Crippen molar-refractivity contribution in [1.29, 1.82) is 0 Å². The maximum absolute atomic E-state index is 12.8. The predicted molar refractivity (Wildman–Crippen MR) is 76.1 cm³/mol. The molecule has 0 radical (unpaired) electrons. The third-order valence-corrected chi connectivity index (χ3v) is 3.05. The molecule has 1 aliphatic rings. The molecule has 1 aromatic rings. The number of nitrogens with one attached hydrogen (secondary N) is 2. The number of amides is 1. The molecular formula is C12H15ClF4N4O. The van der Waals surface area contributed by atoms with Gasteiger partial charge in [0.25, 0.3) is 0 Å². The molecule has 0 atom stereocenters. The Morgan fingerprint density at radius 3 is 2.45 bits per heavy atom. The smallest absolute Gasteiger partial charge is 0.368 e. The highest BCUT2D eigenvalue weighted by molar-refractivity contribution is 5.95. The molecule has 1 amide bonds. The van der Waals surface area contributed by atoms with Crippen LogP contribution in [0.1, 0.15) is 0 Å². The van der Waals surface area contributed by atoms with Gasteiger partial charge in [-0.15, -0.1) is 12.4 Å². The number of halogens is 5. The van der Waals surface area contributed by atoms with E-state index in [1.807, 2.05) is 4.90 Å². The van der Waals surface area contributed by atoms with E-state index in [2.05, 4.69) is 10.3 Å². The second-order valence-corrected chi connectivity index (χ2v) is 4.52. The fourth-order valence-corrected chi connectivity index (χ4v) is 1.87. The van der Waals surface area contributed by atoms with Crippen molar-refractivity contribution in [2.75, 3.05) is 36.4 Å². The molecule has 0 saturated carbocycles. The van der Waals surface area contributed by atoms with Gasteiger partial charge in [-0.05, 0) is 12.1 Å². The van der Waals surface area contributed by atoms with Gasteiger partial charge in [0.1, 0.15) is 5.82 Å². The average Bonchev–Trinajstić information content (AvgIpc) is 2.48. The van der Waals surface area contributed by atoms with Crippen molar-refractivity contribution in [3.8, 4) is 0 Å². The van der Waals surface area contributed by atoms with Gasteiger partial charge in [-0.3, -0.25) is 4.79 Å². The maximum Gasteiger partial charge on any atom is 0.383 e. The zero-order chi connectivity index (χ0) is 15.5. The van der Waals surface area contributed by atoms with Crippen molar-refractivity contribution in [3.63, 3.8) is 0 Å². The van der Waals surface area contributed by atoms with Crippen LogP contribution in [0.5, 0.6) is 0 Å². The van der Waals surface area contributed by atoms with Crippen molar-refractivity contribution in [2.45, 2.75) is 12.3 Å². The molecule has 1 aliphatic heterocycles. The summed E-state index contributed by atoms with van der Waals surface area (Å²) in [6.07, 6.45) is -2.65. The third kappa shape index (κ3) is 4.20. The van der Waals surface area contributed by atoms with Gasteiger partial charge in [-0.1, -0.05) is 0 Å². The van der Waals surface area contributed by atoms with Crippen LogP contribution in [0.25, 0.3) is 0 Å². The molecule has 0 aliphatic carbocycles. The van der Waals surface area contributed by atoms with Gasteiger partial charge >= 0.3 is 18.3 Å². The second kappa shape index (κ2) is 7.59. The molecular weight excluding hydrogens is 328 g/mol. The van der Waals surface area contributed by atoms with E-state index in [1.165, 1.54) is 12.3 Å². The molecule has 1 saturated heterocycles. The molecule has 124 valence electrons. The van der Waals surface area contributed by atoms with E-state index in [9.17, 15) is 22.4 Å². The van der Waals surface area contributed by atoms with Crippen molar-refractivity contribution >= 4 is 29.8 Å². The fraction of sp³-hybridized carbons (Fsp3) is 0.500. The molecule has 1 fully saturated rings. The van der Waals surface area contributed by atoms with Crippen LogP contribution in [0.2, 0.25) is 0 Å². The molecule has 0 spiro atoms. The van der Waals surface area contributed by atoms with Crippen LogP contribution < -0.4 is 15.5 Å². The van der Waals surface area contributed by atoms with Gasteiger partial charge in [0.2, 0.25) is 0 Å². The third-order valence-electron chi connectivity index (χ3n) is 3.05. The number of carbonyl (C=O) groups excluding carboxylic acids is 1. The maximum atomic E-state index is 12.8. The summed E-state index contributed by atoms with van der Waals surface area (Å²) in [4.78, 5) is 16.9. The Hall–Kier alpha value is -1.61. The highest BCUT2D eigenvalue weighted by Gasteiger charge is 2.49. The van der Waals surface area contributed by atoms with E-state index < -0.39 is 18.3 Å². The van der Waals surface area contributed by atoms with Gasteiger partial charge in [0, 0.05) is 26.2 Å². The van der Waals surface area contributed by atoms with Gasteiger partial charge in [0.05, 0.1) is 11.9 Å². The minimum atomic E-state index is -4.74. The van der Waals surface area contributed by atoms with E-state index in [0.717, 1.165) is 31.9 Å². The number of hydrogen-bond acceptors (Lipinski definition) is 4. The highest BCUT2D eigenvalue weighted by Crippen LogP contribution is 2.24. The van der Waals surface area contributed by atoms with Crippen molar-refractivity contribution in [2.24, 2.45) is 0 Å². The minimum absolute atomic E-state index is 0. The lowest BCUT2D eigenvalue weighted by Crippen LogP contribution is -2.43. The molecule has 10 heteroatoms. The Kier molecular flexibility index (Phi) is 6.36. The number of anilines is 2. The first-order chi connectivity index (χ1) is 9.91. The molecule has 2 N–H and O–H groups in total. The normalized spacial score (nSPS) is 15.4. The summed E-state index contributed by atoms with van der Waals surface area (Å²) in [5.41, 5.74) is 0.773. The van der Waals surface area contributed by atoms with E-state index >= 15 is 0 Å². The molecule has 0 aromatic carbocycles.